The molecule has 0 aliphatic rings. The first-order chi connectivity index (χ1) is 8.27. The molecule has 0 aliphatic heterocycles. The topological polar surface area (TPSA) is 28.2 Å². The molecule has 17 heavy (non-hydrogen) atoms. The zero-order valence-electron chi connectivity index (χ0n) is 11.4. The van der Waals surface area contributed by atoms with Gasteiger partial charge in [-0.05, 0) is 43.6 Å². The summed E-state index contributed by atoms with van der Waals surface area (Å²) in [6.45, 7) is 12.0. The first-order valence-electron chi connectivity index (χ1n) is 6.60. The zero-order chi connectivity index (χ0) is 12.5. The fourth-order valence-electron chi connectivity index (χ4n) is 1.89. The lowest BCUT2D eigenvalue weighted by Gasteiger charge is -2.19. The summed E-state index contributed by atoms with van der Waals surface area (Å²) < 4.78 is 0. The van der Waals surface area contributed by atoms with Gasteiger partial charge in [-0.3, -0.25) is 4.98 Å². The Morgan fingerprint density at radius 2 is 2.12 bits per heavy atom. The molecule has 3 heteroatoms. The Morgan fingerprint density at radius 1 is 1.29 bits per heavy atom. The number of nitrogens with zero attached hydrogens (tertiary/aromatic N) is 2. The number of likely N-dealkylation sites (N-methyl/N-ethyl adjacent to an activating group) is 1. The minimum absolute atomic E-state index is 0.920. The third-order valence-corrected chi connectivity index (χ3v) is 3.05. The van der Waals surface area contributed by atoms with Crippen LogP contribution in [0.4, 0.5) is 0 Å². The van der Waals surface area contributed by atoms with E-state index in [1.165, 1.54) is 24.1 Å². The van der Waals surface area contributed by atoms with Crippen molar-refractivity contribution in [3.63, 3.8) is 0 Å². The molecule has 0 aromatic carbocycles. The number of nitrogens with one attached hydrogen (secondary N) is 1. The maximum Gasteiger partial charge on any atom is 0.0315 e. The molecule has 1 aromatic heterocycles. The molecule has 0 saturated heterocycles. The van der Waals surface area contributed by atoms with Crippen LogP contribution in [-0.4, -0.2) is 36.1 Å². The van der Waals surface area contributed by atoms with Crippen molar-refractivity contribution in [2.24, 2.45) is 0 Å². The van der Waals surface area contributed by atoms with E-state index in [1.54, 1.807) is 0 Å². The van der Waals surface area contributed by atoms with Crippen molar-refractivity contribution < 1.29 is 0 Å². The maximum absolute atomic E-state index is 4.15. The molecule has 0 bridgehead atoms. The second-order valence-electron chi connectivity index (χ2n) is 4.41. The number of aryl methyl sites for hydroxylation is 1. The molecule has 0 fully saturated rings. The van der Waals surface area contributed by atoms with Gasteiger partial charge >= 0.3 is 0 Å². The Morgan fingerprint density at radius 3 is 2.76 bits per heavy atom. The largest absolute Gasteiger partial charge is 0.311 e. The Kier molecular flexibility index (Phi) is 6.82. The van der Waals surface area contributed by atoms with Crippen molar-refractivity contribution in [2.45, 2.75) is 33.7 Å². The average molecular weight is 235 g/mol. The summed E-state index contributed by atoms with van der Waals surface area (Å²) in [7, 11) is 0. The standard InChI is InChI=1S/C14H25N3/c1-4-9-17(5-2)10-8-16-12-14-11-15-7-6-13(14)3/h6-7,11,16H,4-5,8-10,12H2,1-3H3. The lowest BCUT2D eigenvalue weighted by Crippen LogP contribution is -2.32. The van der Waals surface area contributed by atoms with Crippen molar-refractivity contribution in [1.82, 2.24) is 15.2 Å². The Labute approximate surface area is 105 Å². The van der Waals surface area contributed by atoms with Crippen LogP contribution in [0.25, 0.3) is 0 Å². The SMILES string of the molecule is CCCN(CC)CCNCc1cnccc1C. The van der Waals surface area contributed by atoms with Crippen molar-refractivity contribution in [2.75, 3.05) is 26.2 Å². The van der Waals surface area contributed by atoms with E-state index in [1.807, 2.05) is 12.4 Å². The van der Waals surface area contributed by atoms with Crippen LogP contribution in [0.1, 0.15) is 31.4 Å². The summed E-state index contributed by atoms with van der Waals surface area (Å²) >= 11 is 0. The van der Waals surface area contributed by atoms with Gasteiger partial charge in [0.05, 0.1) is 0 Å². The monoisotopic (exact) mass is 235 g/mol. The number of hydrogen-bond donors (Lipinski definition) is 1. The Bertz CT molecular complexity index is 312. The van der Waals surface area contributed by atoms with Gasteiger partial charge in [-0.1, -0.05) is 13.8 Å². The van der Waals surface area contributed by atoms with E-state index in [0.29, 0.717) is 0 Å². The van der Waals surface area contributed by atoms with E-state index < -0.39 is 0 Å². The van der Waals surface area contributed by atoms with E-state index in [2.05, 4.69) is 42.0 Å². The molecular weight excluding hydrogens is 210 g/mol. The van der Waals surface area contributed by atoms with Gasteiger partial charge < -0.3 is 10.2 Å². The molecule has 96 valence electrons. The van der Waals surface area contributed by atoms with Crippen LogP contribution in [0.5, 0.6) is 0 Å². The van der Waals surface area contributed by atoms with E-state index in [0.717, 1.165) is 26.2 Å². The predicted octanol–water partition coefficient (Wildman–Crippen LogP) is 2.21. The molecule has 0 aliphatic carbocycles. The highest BCUT2D eigenvalue weighted by Gasteiger charge is 2.00. The average Bonchev–Trinajstić information content (AvgIpc) is 2.35. The van der Waals surface area contributed by atoms with Crippen LogP contribution in [-0.2, 0) is 6.54 Å². The molecule has 0 atom stereocenters. The fourth-order valence-corrected chi connectivity index (χ4v) is 1.89. The van der Waals surface area contributed by atoms with Gasteiger partial charge in [-0.2, -0.15) is 0 Å². The summed E-state index contributed by atoms with van der Waals surface area (Å²) in [5, 5.41) is 3.48. The number of hydrogen-bond acceptors (Lipinski definition) is 3. The lowest BCUT2D eigenvalue weighted by molar-refractivity contribution is 0.287. The third kappa shape index (κ3) is 5.29. The normalized spacial score (nSPS) is 11.1. The minimum atomic E-state index is 0.920. The maximum atomic E-state index is 4.15. The highest BCUT2D eigenvalue weighted by Crippen LogP contribution is 2.03. The number of pyridine rings is 1. The van der Waals surface area contributed by atoms with E-state index >= 15 is 0 Å². The summed E-state index contributed by atoms with van der Waals surface area (Å²) in [5.74, 6) is 0. The molecule has 1 heterocycles. The molecule has 1 rings (SSSR count). The summed E-state index contributed by atoms with van der Waals surface area (Å²) in [5.41, 5.74) is 2.61. The highest BCUT2D eigenvalue weighted by molar-refractivity contribution is 5.20. The van der Waals surface area contributed by atoms with E-state index in [4.69, 9.17) is 0 Å². The Hall–Kier alpha value is -0.930. The molecule has 0 saturated carbocycles. The van der Waals surface area contributed by atoms with Crippen LogP contribution >= 0.6 is 0 Å². The molecule has 0 spiro atoms. The molecular formula is C14H25N3. The third-order valence-electron chi connectivity index (χ3n) is 3.05. The van der Waals surface area contributed by atoms with Crippen LogP contribution in [0.15, 0.2) is 18.5 Å². The lowest BCUT2D eigenvalue weighted by atomic mass is 10.1. The summed E-state index contributed by atoms with van der Waals surface area (Å²) in [4.78, 5) is 6.63. The fraction of sp³-hybridized carbons (Fsp3) is 0.643. The van der Waals surface area contributed by atoms with Crippen molar-refractivity contribution >= 4 is 0 Å². The van der Waals surface area contributed by atoms with Gasteiger partial charge in [0, 0.05) is 32.0 Å². The molecule has 1 aromatic rings. The van der Waals surface area contributed by atoms with Crippen LogP contribution in [0.2, 0.25) is 0 Å². The highest BCUT2D eigenvalue weighted by atomic mass is 15.1. The van der Waals surface area contributed by atoms with Crippen LogP contribution in [0.3, 0.4) is 0 Å². The van der Waals surface area contributed by atoms with E-state index in [-0.39, 0.29) is 0 Å². The minimum Gasteiger partial charge on any atom is -0.311 e. The summed E-state index contributed by atoms with van der Waals surface area (Å²) in [6, 6.07) is 2.06. The van der Waals surface area contributed by atoms with Gasteiger partial charge in [0.1, 0.15) is 0 Å². The van der Waals surface area contributed by atoms with Gasteiger partial charge in [0.25, 0.3) is 0 Å². The van der Waals surface area contributed by atoms with Crippen LogP contribution < -0.4 is 5.32 Å². The van der Waals surface area contributed by atoms with Gasteiger partial charge in [-0.25, -0.2) is 0 Å². The zero-order valence-corrected chi connectivity index (χ0v) is 11.4. The van der Waals surface area contributed by atoms with Crippen LogP contribution in [0, 0.1) is 6.92 Å². The quantitative estimate of drug-likeness (QED) is 0.700. The second kappa shape index (κ2) is 8.20. The first-order valence-corrected chi connectivity index (χ1v) is 6.60. The molecule has 1 N–H and O–H groups in total. The number of aromatic nitrogens is 1. The van der Waals surface area contributed by atoms with Crippen molar-refractivity contribution in [1.29, 1.82) is 0 Å². The van der Waals surface area contributed by atoms with Gasteiger partial charge in [0.15, 0.2) is 0 Å². The van der Waals surface area contributed by atoms with E-state index in [9.17, 15) is 0 Å². The molecule has 0 radical (unpaired) electrons. The summed E-state index contributed by atoms with van der Waals surface area (Å²) in [6.07, 6.45) is 5.03. The van der Waals surface area contributed by atoms with Crippen molar-refractivity contribution in [3.05, 3.63) is 29.6 Å². The van der Waals surface area contributed by atoms with Crippen molar-refractivity contribution in [3.8, 4) is 0 Å². The van der Waals surface area contributed by atoms with Gasteiger partial charge in [0.2, 0.25) is 0 Å². The molecule has 0 amide bonds. The molecule has 3 nitrogen and oxygen atoms in total. The smallest absolute Gasteiger partial charge is 0.0315 e. The van der Waals surface area contributed by atoms with Gasteiger partial charge in [-0.15, -0.1) is 0 Å². The molecule has 0 unspecified atom stereocenters. The second-order valence-corrected chi connectivity index (χ2v) is 4.41. The first kappa shape index (κ1) is 14.1. The number of rotatable bonds is 8. The Balaban J connectivity index is 2.22. The predicted molar refractivity (Wildman–Crippen MR) is 73.1 cm³/mol.